The van der Waals surface area contributed by atoms with Crippen LogP contribution in [0.2, 0.25) is 0 Å². The Morgan fingerprint density at radius 3 is 2.06 bits per heavy atom. The molecule has 3 rings (SSSR count). The topological polar surface area (TPSA) is 76.2 Å². The molecular weight excluding hydrogens is 428 g/mol. The molecule has 2 aromatic carbocycles. The lowest BCUT2D eigenvalue weighted by Gasteiger charge is -2.34. The second-order valence-electron chi connectivity index (χ2n) is 8.45. The lowest BCUT2D eigenvalue weighted by Crippen LogP contribution is -2.50. The summed E-state index contributed by atoms with van der Waals surface area (Å²) in [4.78, 5) is 14.9. The molecule has 0 aromatic heterocycles. The summed E-state index contributed by atoms with van der Waals surface area (Å²) in [6, 6.07) is 12.1. The molecule has 1 aliphatic rings. The Kier molecular flexibility index (Phi) is 7.46. The van der Waals surface area contributed by atoms with Crippen molar-refractivity contribution in [2.24, 2.45) is 0 Å². The first-order valence-corrected chi connectivity index (χ1v) is 12.3. The van der Waals surface area contributed by atoms with E-state index in [0.29, 0.717) is 36.1 Å². The van der Waals surface area contributed by atoms with E-state index in [1.54, 1.807) is 35.2 Å². The number of benzene rings is 2. The van der Waals surface area contributed by atoms with Crippen molar-refractivity contribution >= 4 is 15.9 Å². The number of hydrogen-bond donors (Lipinski definition) is 0. The van der Waals surface area contributed by atoms with Gasteiger partial charge in [0.25, 0.3) is 5.91 Å². The summed E-state index contributed by atoms with van der Waals surface area (Å²) in [6.45, 7) is 9.15. The van der Waals surface area contributed by atoms with Gasteiger partial charge in [0.05, 0.1) is 18.1 Å². The van der Waals surface area contributed by atoms with Crippen LogP contribution in [0.15, 0.2) is 47.4 Å². The quantitative estimate of drug-likeness (QED) is 0.629. The van der Waals surface area contributed by atoms with E-state index in [-0.39, 0.29) is 30.0 Å². The molecular formula is C24H32N2O5S. The van der Waals surface area contributed by atoms with Crippen LogP contribution in [0.3, 0.4) is 0 Å². The molecule has 0 unspecified atom stereocenters. The predicted octanol–water partition coefficient (Wildman–Crippen LogP) is 3.75. The highest BCUT2D eigenvalue weighted by molar-refractivity contribution is 7.89. The summed E-state index contributed by atoms with van der Waals surface area (Å²) in [6.07, 6.45) is -0.0120. The standard InChI is InChI=1S/C24H32N2O5S/c1-17(2)19-6-9-21(10-7-19)32(28,29)26-14-12-25(13-15-26)24(27)20-8-11-22(31-18(3)4)23(16-20)30-5/h6-11,16-18H,12-15H2,1-5H3. The van der Waals surface area contributed by atoms with Gasteiger partial charge in [-0.15, -0.1) is 0 Å². The molecule has 1 fully saturated rings. The Labute approximate surface area is 191 Å². The lowest BCUT2D eigenvalue weighted by atomic mass is 10.0. The summed E-state index contributed by atoms with van der Waals surface area (Å²) in [5.41, 5.74) is 1.58. The third-order valence-corrected chi connectivity index (χ3v) is 7.40. The van der Waals surface area contributed by atoms with Gasteiger partial charge >= 0.3 is 0 Å². The molecule has 32 heavy (non-hydrogen) atoms. The summed E-state index contributed by atoms with van der Waals surface area (Å²) in [5.74, 6) is 1.26. The molecule has 2 aromatic rings. The van der Waals surface area contributed by atoms with Gasteiger partial charge in [-0.3, -0.25) is 4.79 Å². The molecule has 1 amide bonds. The largest absolute Gasteiger partial charge is 0.493 e. The van der Waals surface area contributed by atoms with Gasteiger partial charge < -0.3 is 14.4 Å². The van der Waals surface area contributed by atoms with Crippen molar-refractivity contribution in [3.8, 4) is 11.5 Å². The van der Waals surface area contributed by atoms with Crippen LogP contribution in [-0.4, -0.2) is 62.9 Å². The van der Waals surface area contributed by atoms with Crippen LogP contribution in [0.4, 0.5) is 0 Å². The van der Waals surface area contributed by atoms with Crippen molar-refractivity contribution in [1.29, 1.82) is 0 Å². The Bertz CT molecular complexity index is 1040. The molecule has 174 valence electrons. The summed E-state index contributed by atoms with van der Waals surface area (Å²) in [5, 5.41) is 0. The van der Waals surface area contributed by atoms with E-state index >= 15 is 0 Å². The fourth-order valence-electron chi connectivity index (χ4n) is 3.64. The van der Waals surface area contributed by atoms with Crippen LogP contribution < -0.4 is 9.47 Å². The average Bonchev–Trinajstić information content (AvgIpc) is 2.78. The number of amides is 1. The zero-order valence-electron chi connectivity index (χ0n) is 19.4. The van der Waals surface area contributed by atoms with Gasteiger partial charge in [0, 0.05) is 31.7 Å². The van der Waals surface area contributed by atoms with E-state index in [2.05, 4.69) is 13.8 Å². The Balaban J connectivity index is 1.68. The molecule has 1 saturated heterocycles. The van der Waals surface area contributed by atoms with Crippen LogP contribution in [0.1, 0.15) is 49.5 Å². The third kappa shape index (κ3) is 5.24. The summed E-state index contributed by atoms with van der Waals surface area (Å²) in [7, 11) is -2.05. The SMILES string of the molecule is COc1cc(C(=O)N2CCN(S(=O)(=O)c3ccc(C(C)C)cc3)CC2)ccc1OC(C)C. The van der Waals surface area contributed by atoms with E-state index in [1.807, 2.05) is 26.0 Å². The molecule has 0 bridgehead atoms. The first-order valence-electron chi connectivity index (χ1n) is 10.9. The minimum atomic E-state index is -3.59. The fraction of sp³-hybridized carbons (Fsp3) is 0.458. The molecule has 7 nitrogen and oxygen atoms in total. The molecule has 0 N–H and O–H groups in total. The van der Waals surface area contributed by atoms with Crippen LogP contribution in [0, 0.1) is 0 Å². The maximum atomic E-state index is 13.0. The van der Waals surface area contributed by atoms with Crippen LogP contribution >= 0.6 is 0 Å². The predicted molar refractivity (Wildman–Crippen MR) is 124 cm³/mol. The number of nitrogens with zero attached hydrogens (tertiary/aromatic N) is 2. The highest BCUT2D eigenvalue weighted by Gasteiger charge is 2.30. The smallest absolute Gasteiger partial charge is 0.254 e. The number of sulfonamides is 1. The molecule has 8 heteroatoms. The van der Waals surface area contributed by atoms with Gasteiger partial charge in [-0.05, 0) is 55.7 Å². The second-order valence-corrected chi connectivity index (χ2v) is 10.4. The van der Waals surface area contributed by atoms with Gasteiger partial charge in [0.15, 0.2) is 11.5 Å². The zero-order chi connectivity index (χ0) is 23.5. The van der Waals surface area contributed by atoms with Gasteiger partial charge in [0.1, 0.15) is 0 Å². The van der Waals surface area contributed by atoms with Gasteiger partial charge in [0.2, 0.25) is 10.0 Å². The van der Waals surface area contributed by atoms with Crippen LogP contribution in [-0.2, 0) is 10.0 Å². The van der Waals surface area contributed by atoms with Crippen molar-refractivity contribution in [2.75, 3.05) is 33.3 Å². The monoisotopic (exact) mass is 460 g/mol. The highest BCUT2D eigenvalue weighted by atomic mass is 32.2. The fourth-order valence-corrected chi connectivity index (χ4v) is 5.06. The molecule has 0 saturated carbocycles. The molecule has 0 spiro atoms. The maximum absolute atomic E-state index is 13.0. The maximum Gasteiger partial charge on any atom is 0.254 e. The van der Waals surface area contributed by atoms with E-state index in [1.165, 1.54) is 11.4 Å². The minimum absolute atomic E-state index is 0.0120. The summed E-state index contributed by atoms with van der Waals surface area (Å²) >= 11 is 0. The van der Waals surface area contributed by atoms with E-state index < -0.39 is 10.0 Å². The number of carbonyl (C=O) groups is 1. The molecule has 0 radical (unpaired) electrons. The number of ether oxygens (including phenoxy) is 2. The number of piperazine rings is 1. The van der Waals surface area contributed by atoms with Crippen molar-refractivity contribution in [2.45, 2.75) is 44.6 Å². The lowest BCUT2D eigenvalue weighted by molar-refractivity contribution is 0.0697. The summed E-state index contributed by atoms with van der Waals surface area (Å²) < 4.78 is 38.6. The average molecular weight is 461 g/mol. The molecule has 0 atom stereocenters. The van der Waals surface area contributed by atoms with Gasteiger partial charge in [-0.2, -0.15) is 4.31 Å². The normalized spacial score (nSPS) is 15.3. The van der Waals surface area contributed by atoms with Crippen molar-refractivity contribution in [3.63, 3.8) is 0 Å². The zero-order valence-corrected chi connectivity index (χ0v) is 20.2. The van der Waals surface area contributed by atoms with Gasteiger partial charge in [-0.1, -0.05) is 26.0 Å². The number of hydrogen-bond acceptors (Lipinski definition) is 5. The Morgan fingerprint density at radius 2 is 1.53 bits per heavy atom. The number of methoxy groups -OCH3 is 1. The second kappa shape index (κ2) is 9.92. The number of rotatable bonds is 7. The van der Waals surface area contributed by atoms with Crippen LogP contribution in [0.5, 0.6) is 11.5 Å². The van der Waals surface area contributed by atoms with E-state index in [4.69, 9.17) is 9.47 Å². The molecule has 1 aliphatic heterocycles. The van der Waals surface area contributed by atoms with E-state index in [9.17, 15) is 13.2 Å². The third-order valence-electron chi connectivity index (χ3n) is 5.48. The molecule has 0 aliphatic carbocycles. The molecule has 1 heterocycles. The highest BCUT2D eigenvalue weighted by Crippen LogP contribution is 2.30. The minimum Gasteiger partial charge on any atom is -0.493 e. The van der Waals surface area contributed by atoms with Crippen LogP contribution in [0.25, 0.3) is 0 Å². The van der Waals surface area contributed by atoms with Gasteiger partial charge in [-0.25, -0.2) is 8.42 Å². The number of carbonyl (C=O) groups excluding carboxylic acids is 1. The first kappa shape index (κ1) is 24.1. The van der Waals surface area contributed by atoms with E-state index in [0.717, 1.165) is 5.56 Å². The van der Waals surface area contributed by atoms with Crippen molar-refractivity contribution in [3.05, 3.63) is 53.6 Å². The van der Waals surface area contributed by atoms with Crippen molar-refractivity contribution < 1.29 is 22.7 Å². The Morgan fingerprint density at radius 1 is 0.906 bits per heavy atom. The Hall–Kier alpha value is -2.58. The first-order chi connectivity index (χ1) is 15.1. The van der Waals surface area contributed by atoms with Crippen molar-refractivity contribution in [1.82, 2.24) is 9.21 Å².